The molecular formula is C14H21F3IN3. The molecule has 7 heteroatoms. The fourth-order valence-corrected chi connectivity index (χ4v) is 2.44. The van der Waals surface area contributed by atoms with Gasteiger partial charge in [0.05, 0.1) is 15.7 Å². The predicted molar refractivity (Wildman–Crippen MR) is 86.4 cm³/mol. The number of hydrogen-bond donors (Lipinski definition) is 1. The lowest BCUT2D eigenvalue weighted by Gasteiger charge is -2.14. The molecule has 0 aliphatic rings. The van der Waals surface area contributed by atoms with E-state index in [4.69, 9.17) is 0 Å². The van der Waals surface area contributed by atoms with Crippen LogP contribution in [0.5, 0.6) is 0 Å². The molecule has 3 nitrogen and oxygen atoms in total. The summed E-state index contributed by atoms with van der Waals surface area (Å²) < 4.78 is 38.0. The average Bonchev–Trinajstić information content (AvgIpc) is 2.36. The summed E-state index contributed by atoms with van der Waals surface area (Å²) in [5.41, 5.74) is 0.830. The highest BCUT2D eigenvalue weighted by molar-refractivity contribution is 14.1. The van der Waals surface area contributed by atoms with Crippen molar-refractivity contribution in [3.63, 3.8) is 0 Å². The standard InChI is InChI=1S/C14H21F3IN3/c1-4-7-19-13-12(18)10(8-9(2)3)20-11(21-13)5-6-14(15,16)17/h9H,4-8H2,1-3H3,(H,19,20,21). The second-order valence-electron chi connectivity index (χ2n) is 5.39. The van der Waals surface area contributed by atoms with Gasteiger partial charge in [0.1, 0.15) is 11.6 Å². The molecule has 0 aliphatic carbocycles. The van der Waals surface area contributed by atoms with Gasteiger partial charge in [-0.2, -0.15) is 13.2 Å². The van der Waals surface area contributed by atoms with Crippen molar-refractivity contribution in [1.82, 2.24) is 9.97 Å². The zero-order chi connectivity index (χ0) is 16.0. The van der Waals surface area contributed by atoms with E-state index in [9.17, 15) is 13.2 Å². The van der Waals surface area contributed by atoms with Crippen molar-refractivity contribution in [2.45, 2.75) is 52.6 Å². The molecule has 0 radical (unpaired) electrons. The first-order chi connectivity index (χ1) is 9.73. The van der Waals surface area contributed by atoms with E-state index in [2.05, 4.69) is 51.7 Å². The van der Waals surface area contributed by atoms with E-state index in [1.54, 1.807) is 0 Å². The molecule has 0 unspecified atom stereocenters. The number of hydrogen-bond acceptors (Lipinski definition) is 3. The summed E-state index contributed by atoms with van der Waals surface area (Å²) in [5.74, 6) is 1.31. The van der Waals surface area contributed by atoms with Crippen LogP contribution in [0.25, 0.3) is 0 Å². The molecule has 1 aromatic heterocycles. The van der Waals surface area contributed by atoms with Crippen LogP contribution in [0.15, 0.2) is 0 Å². The third kappa shape index (κ3) is 6.80. The van der Waals surface area contributed by atoms with E-state index in [-0.39, 0.29) is 12.2 Å². The van der Waals surface area contributed by atoms with Crippen molar-refractivity contribution in [3.05, 3.63) is 15.1 Å². The fraction of sp³-hybridized carbons (Fsp3) is 0.714. The molecule has 0 bridgehead atoms. The Kier molecular flexibility index (Phi) is 7.15. The summed E-state index contributed by atoms with van der Waals surface area (Å²) in [4.78, 5) is 8.58. The van der Waals surface area contributed by atoms with Crippen molar-refractivity contribution in [2.75, 3.05) is 11.9 Å². The third-order valence-corrected chi connectivity index (χ3v) is 3.88. The van der Waals surface area contributed by atoms with Crippen LogP contribution >= 0.6 is 22.6 Å². The normalized spacial score (nSPS) is 12.0. The first-order valence-electron chi connectivity index (χ1n) is 7.08. The second kappa shape index (κ2) is 8.14. The molecule has 0 spiro atoms. The number of anilines is 1. The van der Waals surface area contributed by atoms with Gasteiger partial charge in [0.25, 0.3) is 0 Å². The maximum absolute atomic E-state index is 12.4. The van der Waals surface area contributed by atoms with Crippen LogP contribution in [0.1, 0.15) is 45.1 Å². The van der Waals surface area contributed by atoms with E-state index in [0.29, 0.717) is 11.7 Å². The number of aromatic nitrogens is 2. The van der Waals surface area contributed by atoms with Crippen LogP contribution in [0.2, 0.25) is 0 Å². The van der Waals surface area contributed by atoms with Crippen LogP contribution < -0.4 is 5.32 Å². The Labute approximate surface area is 137 Å². The third-order valence-electron chi connectivity index (χ3n) is 2.74. The van der Waals surface area contributed by atoms with Gasteiger partial charge in [0.15, 0.2) is 0 Å². The van der Waals surface area contributed by atoms with Gasteiger partial charge in [0, 0.05) is 13.0 Å². The van der Waals surface area contributed by atoms with Crippen LogP contribution in [0.3, 0.4) is 0 Å². The Morgan fingerprint density at radius 2 is 1.90 bits per heavy atom. The van der Waals surface area contributed by atoms with Crippen LogP contribution in [0, 0.1) is 9.49 Å². The summed E-state index contributed by atoms with van der Waals surface area (Å²) in [6.07, 6.45) is -3.58. The molecular weight excluding hydrogens is 394 g/mol. The molecule has 0 aliphatic heterocycles. The Morgan fingerprint density at radius 3 is 2.43 bits per heavy atom. The van der Waals surface area contributed by atoms with Gasteiger partial charge in [-0.05, 0) is 41.4 Å². The molecule has 0 saturated carbocycles. The summed E-state index contributed by atoms with van der Waals surface area (Å²) in [5, 5.41) is 3.17. The van der Waals surface area contributed by atoms with Gasteiger partial charge >= 0.3 is 6.18 Å². The maximum atomic E-state index is 12.4. The van der Waals surface area contributed by atoms with E-state index in [1.165, 1.54) is 0 Å². The van der Waals surface area contributed by atoms with Gasteiger partial charge in [-0.3, -0.25) is 0 Å². The Balaban J connectivity index is 3.01. The highest BCUT2D eigenvalue weighted by Gasteiger charge is 2.27. The number of aryl methyl sites for hydroxylation is 1. The molecule has 1 heterocycles. The highest BCUT2D eigenvalue weighted by atomic mass is 127. The van der Waals surface area contributed by atoms with E-state index < -0.39 is 12.6 Å². The number of halogens is 4. The minimum Gasteiger partial charge on any atom is -0.369 e. The largest absolute Gasteiger partial charge is 0.389 e. The lowest BCUT2D eigenvalue weighted by molar-refractivity contribution is -0.134. The van der Waals surface area contributed by atoms with E-state index >= 15 is 0 Å². The fourth-order valence-electron chi connectivity index (χ4n) is 1.79. The quantitative estimate of drug-likeness (QED) is 0.662. The SMILES string of the molecule is CCCNc1nc(CCC(F)(F)F)nc(CC(C)C)c1I. The molecule has 0 saturated heterocycles. The number of alkyl halides is 3. The van der Waals surface area contributed by atoms with E-state index in [0.717, 1.165) is 28.7 Å². The lowest BCUT2D eigenvalue weighted by atomic mass is 10.1. The molecule has 1 aromatic rings. The number of nitrogens with zero attached hydrogens (tertiary/aromatic N) is 2. The lowest BCUT2D eigenvalue weighted by Crippen LogP contribution is -2.15. The van der Waals surface area contributed by atoms with Gasteiger partial charge in [-0.25, -0.2) is 9.97 Å². The van der Waals surface area contributed by atoms with Gasteiger partial charge < -0.3 is 5.32 Å². The summed E-state index contributed by atoms with van der Waals surface area (Å²) >= 11 is 2.17. The molecule has 120 valence electrons. The Morgan fingerprint density at radius 1 is 1.24 bits per heavy atom. The molecule has 0 fully saturated rings. The number of nitrogens with one attached hydrogen (secondary N) is 1. The van der Waals surface area contributed by atoms with E-state index in [1.807, 2.05) is 6.92 Å². The van der Waals surface area contributed by atoms with Crippen LogP contribution in [-0.2, 0) is 12.8 Å². The molecule has 0 atom stereocenters. The minimum absolute atomic E-state index is 0.174. The first kappa shape index (κ1) is 18.4. The van der Waals surface area contributed by atoms with Crippen LogP contribution in [-0.4, -0.2) is 22.7 Å². The first-order valence-corrected chi connectivity index (χ1v) is 8.16. The minimum atomic E-state index is -4.18. The monoisotopic (exact) mass is 415 g/mol. The van der Waals surface area contributed by atoms with Crippen molar-refractivity contribution in [1.29, 1.82) is 0 Å². The van der Waals surface area contributed by atoms with Crippen molar-refractivity contribution >= 4 is 28.4 Å². The van der Waals surface area contributed by atoms with Gasteiger partial charge in [0.2, 0.25) is 0 Å². The zero-order valence-corrected chi connectivity index (χ0v) is 14.7. The van der Waals surface area contributed by atoms with Gasteiger partial charge in [-0.1, -0.05) is 20.8 Å². The Hall–Kier alpha value is -0.600. The zero-order valence-electron chi connectivity index (χ0n) is 12.5. The summed E-state index contributed by atoms with van der Waals surface area (Å²) in [6.45, 7) is 6.90. The predicted octanol–water partition coefficient (Wildman–Crippen LogP) is 4.60. The highest BCUT2D eigenvalue weighted by Crippen LogP contribution is 2.25. The van der Waals surface area contributed by atoms with Crippen LogP contribution in [0.4, 0.5) is 19.0 Å². The molecule has 21 heavy (non-hydrogen) atoms. The second-order valence-corrected chi connectivity index (χ2v) is 6.47. The topological polar surface area (TPSA) is 37.8 Å². The summed E-state index contributed by atoms with van der Waals surface area (Å²) in [6, 6.07) is 0. The van der Waals surface area contributed by atoms with Crippen molar-refractivity contribution in [3.8, 4) is 0 Å². The maximum Gasteiger partial charge on any atom is 0.389 e. The van der Waals surface area contributed by atoms with Crippen molar-refractivity contribution < 1.29 is 13.2 Å². The number of rotatable bonds is 7. The smallest absolute Gasteiger partial charge is 0.369 e. The molecule has 1 N–H and O–H groups in total. The molecule has 0 amide bonds. The summed E-state index contributed by atoms with van der Waals surface area (Å²) in [7, 11) is 0. The van der Waals surface area contributed by atoms with Gasteiger partial charge in [-0.15, -0.1) is 0 Å². The molecule has 0 aromatic carbocycles. The average molecular weight is 415 g/mol. The Bertz CT molecular complexity index is 462. The molecule has 1 rings (SSSR count). The van der Waals surface area contributed by atoms with Crippen molar-refractivity contribution in [2.24, 2.45) is 5.92 Å².